The highest BCUT2D eigenvalue weighted by Gasteiger charge is 2.14. The number of anilines is 1. The Balaban J connectivity index is 1.45. The Bertz CT molecular complexity index is 1030. The number of nitrogens with zero attached hydrogens (tertiary/aromatic N) is 3. The maximum atomic E-state index is 12.5. The third kappa shape index (κ3) is 3.84. The summed E-state index contributed by atoms with van der Waals surface area (Å²) in [5, 5.41) is 6.28. The first-order chi connectivity index (χ1) is 13.6. The van der Waals surface area contributed by atoms with Crippen LogP contribution in [0, 0.1) is 6.92 Å². The Labute approximate surface area is 163 Å². The van der Waals surface area contributed by atoms with Crippen molar-refractivity contribution in [3.05, 3.63) is 70.7 Å². The molecule has 3 heterocycles. The van der Waals surface area contributed by atoms with Gasteiger partial charge in [-0.2, -0.15) is 0 Å². The molecule has 0 radical (unpaired) electrons. The van der Waals surface area contributed by atoms with E-state index in [1.807, 2.05) is 37.3 Å². The Morgan fingerprint density at radius 2 is 2.11 bits per heavy atom. The largest absolute Gasteiger partial charge is 0.368 e. The molecule has 0 spiro atoms. The highest BCUT2D eigenvalue weighted by atomic mass is 16.1. The molecule has 0 atom stereocenters. The van der Waals surface area contributed by atoms with E-state index in [4.69, 9.17) is 5.73 Å². The number of hydrogen-bond donors (Lipinski definition) is 3. The van der Waals surface area contributed by atoms with Crippen LogP contribution in [0.4, 0.5) is 5.95 Å². The van der Waals surface area contributed by atoms with Crippen LogP contribution in [0.25, 0.3) is 11.3 Å². The van der Waals surface area contributed by atoms with Crippen LogP contribution < -0.4 is 16.4 Å². The molecular weight excluding hydrogens is 352 g/mol. The zero-order chi connectivity index (χ0) is 19.5. The van der Waals surface area contributed by atoms with Gasteiger partial charge in [-0.15, -0.1) is 0 Å². The predicted molar refractivity (Wildman–Crippen MR) is 107 cm³/mol. The molecule has 28 heavy (non-hydrogen) atoms. The van der Waals surface area contributed by atoms with Crippen molar-refractivity contribution in [2.45, 2.75) is 26.4 Å². The van der Waals surface area contributed by atoms with Crippen molar-refractivity contribution in [1.29, 1.82) is 0 Å². The van der Waals surface area contributed by atoms with E-state index in [0.717, 1.165) is 47.6 Å². The molecule has 2 aromatic heterocycles. The fourth-order valence-corrected chi connectivity index (χ4v) is 3.32. The molecule has 1 amide bonds. The minimum Gasteiger partial charge on any atom is -0.368 e. The summed E-state index contributed by atoms with van der Waals surface area (Å²) < 4.78 is 0. The summed E-state index contributed by atoms with van der Waals surface area (Å²) in [6.07, 6.45) is 2.49. The molecule has 7 nitrogen and oxygen atoms in total. The standard InChI is InChI=1S/C21H22N6O/c1-13-10-14(17-7-9-24-21(22)27-17)2-3-15(13)12-25-20(28)19-5-4-16-11-23-8-6-18(16)26-19/h2-5,7,9-10,23H,6,8,11-12H2,1H3,(H,25,28)(H2,22,24,27). The molecule has 1 aromatic carbocycles. The molecule has 0 fully saturated rings. The van der Waals surface area contributed by atoms with Gasteiger partial charge in [0.1, 0.15) is 5.69 Å². The molecule has 1 aliphatic rings. The molecule has 142 valence electrons. The van der Waals surface area contributed by atoms with Gasteiger partial charge in [-0.25, -0.2) is 15.0 Å². The number of nitrogen functional groups attached to an aromatic ring is 1. The quantitative estimate of drug-likeness (QED) is 0.645. The van der Waals surface area contributed by atoms with Gasteiger partial charge in [-0.05, 0) is 41.8 Å². The van der Waals surface area contributed by atoms with Gasteiger partial charge in [-0.3, -0.25) is 4.79 Å². The van der Waals surface area contributed by atoms with Crippen LogP contribution in [-0.2, 0) is 19.5 Å². The van der Waals surface area contributed by atoms with Crippen LogP contribution >= 0.6 is 0 Å². The van der Waals surface area contributed by atoms with Crippen LogP contribution in [-0.4, -0.2) is 27.4 Å². The summed E-state index contributed by atoms with van der Waals surface area (Å²) in [6.45, 7) is 4.17. The first kappa shape index (κ1) is 18.1. The minimum atomic E-state index is -0.159. The number of amides is 1. The summed E-state index contributed by atoms with van der Waals surface area (Å²) in [5.74, 6) is 0.0909. The van der Waals surface area contributed by atoms with Gasteiger partial charge in [0.2, 0.25) is 5.95 Å². The van der Waals surface area contributed by atoms with E-state index >= 15 is 0 Å². The van der Waals surface area contributed by atoms with Crippen molar-refractivity contribution in [2.24, 2.45) is 0 Å². The number of nitrogens with one attached hydrogen (secondary N) is 2. The van der Waals surface area contributed by atoms with Crippen LogP contribution in [0.15, 0.2) is 42.6 Å². The maximum absolute atomic E-state index is 12.5. The van der Waals surface area contributed by atoms with Crippen molar-refractivity contribution in [1.82, 2.24) is 25.6 Å². The summed E-state index contributed by atoms with van der Waals surface area (Å²) in [6, 6.07) is 11.6. The summed E-state index contributed by atoms with van der Waals surface area (Å²) in [5.41, 5.74) is 12.2. The lowest BCUT2D eigenvalue weighted by atomic mass is 10.0. The van der Waals surface area contributed by atoms with E-state index in [1.165, 1.54) is 5.56 Å². The molecule has 0 aliphatic carbocycles. The summed E-state index contributed by atoms with van der Waals surface area (Å²) in [4.78, 5) is 25.2. The lowest BCUT2D eigenvalue weighted by Gasteiger charge is -2.16. The Morgan fingerprint density at radius 1 is 1.21 bits per heavy atom. The van der Waals surface area contributed by atoms with Gasteiger partial charge in [0, 0.05) is 43.5 Å². The number of aromatic nitrogens is 3. The van der Waals surface area contributed by atoms with Crippen LogP contribution in [0.2, 0.25) is 0 Å². The van der Waals surface area contributed by atoms with E-state index < -0.39 is 0 Å². The lowest BCUT2D eigenvalue weighted by Crippen LogP contribution is -2.28. The van der Waals surface area contributed by atoms with Crippen molar-refractivity contribution in [3.8, 4) is 11.3 Å². The Morgan fingerprint density at radius 3 is 2.93 bits per heavy atom. The van der Waals surface area contributed by atoms with Crippen molar-refractivity contribution < 1.29 is 4.79 Å². The fourth-order valence-electron chi connectivity index (χ4n) is 3.32. The first-order valence-electron chi connectivity index (χ1n) is 9.26. The van der Waals surface area contributed by atoms with E-state index in [0.29, 0.717) is 12.2 Å². The number of benzene rings is 1. The molecule has 0 saturated heterocycles. The Hall–Kier alpha value is -3.32. The average molecular weight is 374 g/mol. The molecule has 7 heteroatoms. The maximum Gasteiger partial charge on any atom is 0.270 e. The van der Waals surface area contributed by atoms with Gasteiger partial charge < -0.3 is 16.4 Å². The molecule has 0 saturated carbocycles. The molecule has 3 aromatic rings. The zero-order valence-electron chi connectivity index (χ0n) is 15.7. The number of aryl methyl sites for hydroxylation is 1. The number of carbonyl (C=O) groups excluding carboxylic acids is 1. The van der Waals surface area contributed by atoms with Crippen LogP contribution in [0.1, 0.15) is 32.9 Å². The number of nitrogens with two attached hydrogens (primary N) is 1. The third-order valence-corrected chi connectivity index (χ3v) is 4.91. The average Bonchev–Trinajstić information content (AvgIpc) is 2.72. The van der Waals surface area contributed by atoms with Crippen molar-refractivity contribution >= 4 is 11.9 Å². The topological polar surface area (TPSA) is 106 Å². The monoisotopic (exact) mass is 374 g/mol. The molecule has 4 rings (SSSR count). The smallest absolute Gasteiger partial charge is 0.270 e. The van der Waals surface area contributed by atoms with Gasteiger partial charge in [-0.1, -0.05) is 18.2 Å². The molecule has 4 N–H and O–H groups in total. The number of pyridine rings is 1. The van der Waals surface area contributed by atoms with Crippen LogP contribution in [0.3, 0.4) is 0 Å². The SMILES string of the molecule is Cc1cc(-c2ccnc(N)n2)ccc1CNC(=O)c1ccc2c(n1)CCNC2. The predicted octanol–water partition coefficient (Wildman–Crippen LogP) is 2.00. The highest BCUT2D eigenvalue weighted by Crippen LogP contribution is 2.21. The van der Waals surface area contributed by atoms with Crippen LogP contribution in [0.5, 0.6) is 0 Å². The van der Waals surface area contributed by atoms with Crippen molar-refractivity contribution in [2.75, 3.05) is 12.3 Å². The number of fused-ring (bicyclic) bond motifs is 1. The first-order valence-corrected chi connectivity index (χ1v) is 9.26. The van der Waals surface area contributed by atoms with Gasteiger partial charge in [0.15, 0.2) is 0 Å². The van der Waals surface area contributed by atoms with Crippen molar-refractivity contribution in [3.63, 3.8) is 0 Å². The fraction of sp³-hybridized carbons (Fsp3) is 0.238. The molecule has 0 bridgehead atoms. The molecular formula is C21H22N6O. The third-order valence-electron chi connectivity index (χ3n) is 4.91. The van der Waals surface area contributed by atoms with E-state index in [-0.39, 0.29) is 11.9 Å². The normalized spacial score (nSPS) is 13.0. The molecule has 1 aliphatic heterocycles. The van der Waals surface area contributed by atoms with E-state index in [9.17, 15) is 4.79 Å². The minimum absolute atomic E-state index is 0.159. The number of rotatable bonds is 4. The van der Waals surface area contributed by atoms with Gasteiger partial charge in [0.25, 0.3) is 5.91 Å². The lowest BCUT2D eigenvalue weighted by molar-refractivity contribution is 0.0945. The number of hydrogen-bond acceptors (Lipinski definition) is 6. The second kappa shape index (κ2) is 7.74. The summed E-state index contributed by atoms with van der Waals surface area (Å²) >= 11 is 0. The van der Waals surface area contributed by atoms with E-state index in [1.54, 1.807) is 12.3 Å². The highest BCUT2D eigenvalue weighted by molar-refractivity contribution is 5.92. The van der Waals surface area contributed by atoms with Gasteiger partial charge in [0.05, 0.1) is 5.69 Å². The zero-order valence-corrected chi connectivity index (χ0v) is 15.7. The second-order valence-electron chi connectivity index (χ2n) is 6.85. The van der Waals surface area contributed by atoms with E-state index in [2.05, 4.69) is 25.6 Å². The molecule has 0 unspecified atom stereocenters. The Kier molecular flexibility index (Phi) is 4.99. The summed E-state index contributed by atoms with van der Waals surface area (Å²) in [7, 11) is 0. The number of carbonyl (C=O) groups is 1. The second-order valence-corrected chi connectivity index (χ2v) is 6.85. The van der Waals surface area contributed by atoms with Gasteiger partial charge >= 0.3 is 0 Å².